The van der Waals surface area contributed by atoms with Gasteiger partial charge in [-0.05, 0) is 49.4 Å². The van der Waals surface area contributed by atoms with Crippen molar-refractivity contribution in [1.29, 1.82) is 0 Å². The predicted octanol–water partition coefficient (Wildman–Crippen LogP) is 3.78. The van der Waals surface area contributed by atoms with Crippen LogP contribution in [-0.4, -0.2) is 26.8 Å². The van der Waals surface area contributed by atoms with E-state index in [2.05, 4.69) is 31.3 Å². The lowest BCUT2D eigenvalue weighted by Crippen LogP contribution is -2.31. The summed E-state index contributed by atoms with van der Waals surface area (Å²) < 4.78 is 5.30. The molecule has 0 amide bonds. The zero-order chi connectivity index (χ0) is 14.1. The summed E-state index contributed by atoms with van der Waals surface area (Å²) in [5.41, 5.74) is 1.23. The number of rotatable bonds is 9. The summed E-state index contributed by atoms with van der Waals surface area (Å²) in [5, 5.41) is 4.38. The van der Waals surface area contributed by atoms with Gasteiger partial charge < -0.3 is 10.1 Å². The van der Waals surface area contributed by atoms with Crippen LogP contribution in [0, 0.1) is 11.8 Å². The number of nitrogens with one attached hydrogen (secondary N) is 1. The summed E-state index contributed by atoms with van der Waals surface area (Å²) in [6.07, 6.45) is 2.17. The van der Waals surface area contributed by atoms with E-state index in [9.17, 15) is 0 Å². The molecule has 1 aromatic carbocycles. The van der Waals surface area contributed by atoms with E-state index in [0.29, 0.717) is 11.8 Å². The van der Waals surface area contributed by atoms with Gasteiger partial charge in [0.05, 0.1) is 0 Å². The molecule has 0 bridgehead atoms. The Morgan fingerprint density at radius 3 is 2.68 bits per heavy atom. The molecule has 3 heteroatoms. The van der Waals surface area contributed by atoms with Gasteiger partial charge in [0.1, 0.15) is 0 Å². The van der Waals surface area contributed by atoms with Gasteiger partial charge in [-0.1, -0.05) is 43.6 Å². The number of halogens is 1. The standard InChI is InChI=1S/C16H26ClNO/c1-4-9-18-11-15(13(2)12-19-3)10-14-7-5-6-8-16(14)17/h5-8,13,15,18H,4,9-12H2,1-3H3. The second-order valence-corrected chi connectivity index (χ2v) is 5.60. The summed E-state index contributed by atoms with van der Waals surface area (Å²) in [6, 6.07) is 8.12. The molecule has 1 rings (SSSR count). The number of hydrogen-bond donors (Lipinski definition) is 1. The molecule has 0 radical (unpaired) electrons. The maximum Gasteiger partial charge on any atom is 0.0491 e. The van der Waals surface area contributed by atoms with E-state index in [1.165, 1.54) is 5.56 Å². The summed E-state index contributed by atoms with van der Waals surface area (Å²) >= 11 is 6.26. The lowest BCUT2D eigenvalue weighted by Gasteiger charge is -2.24. The van der Waals surface area contributed by atoms with Gasteiger partial charge in [0.2, 0.25) is 0 Å². The quantitative estimate of drug-likeness (QED) is 0.697. The largest absolute Gasteiger partial charge is 0.384 e. The van der Waals surface area contributed by atoms with Crippen LogP contribution in [0.5, 0.6) is 0 Å². The van der Waals surface area contributed by atoms with Crippen LogP contribution in [0.25, 0.3) is 0 Å². The average molecular weight is 284 g/mol. The first-order chi connectivity index (χ1) is 9.19. The SMILES string of the molecule is CCCNCC(Cc1ccccc1Cl)C(C)COC. The minimum absolute atomic E-state index is 0.519. The number of ether oxygens (including phenoxy) is 1. The van der Waals surface area contributed by atoms with Gasteiger partial charge in [-0.3, -0.25) is 0 Å². The molecule has 0 spiro atoms. The number of hydrogen-bond acceptors (Lipinski definition) is 2. The van der Waals surface area contributed by atoms with E-state index in [4.69, 9.17) is 16.3 Å². The second kappa shape index (κ2) is 9.35. The first-order valence-corrected chi connectivity index (χ1v) is 7.49. The van der Waals surface area contributed by atoms with Crippen LogP contribution in [0.2, 0.25) is 5.02 Å². The van der Waals surface area contributed by atoms with Gasteiger partial charge in [0.25, 0.3) is 0 Å². The Bertz CT molecular complexity index is 356. The molecule has 1 aromatic rings. The first kappa shape index (κ1) is 16.5. The van der Waals surface area contributed by atoms with E-state index in [1.807, 2.05) is 12.1 Å². The van der Waals surface area contributed by atoms with Gasteiger partial charge in [0.15, 0.2) is 0 Å². The van der Waals surface area contributed by atoms with E-state index >= 15 is 0 Å². The lowest BCUT2D eigenvalue weighted by molar-refractivity contribution is 0.128. The van der Waals surface area contributed by atoms with E-state index in [1.54, 1.807) is 7.11 Å². The molecule has 19 heavy (non-hydrogen) atoms. The maximum atomic E-state index is 6.26. The van der Waals surface area contributed by atoms with Crippen LogP contribution in [0.15, 0.2) is 24.3 Å². The molecule has 0 saturated carbocycles. The van der Waals surface area contributed by atoms with Crippen molar-refractivity contribution in [3.05, 3.63) is 34.9 Å². The van der Waals surface area contributed by atoms with Crippen LogP contribution >= 0.6 is 11.6 Å². The van der Waals surface area contributed by atoms with Gasteiger partial charge in [-0.15, -0.1) is 0 Å². The molecular formula is C16H26ClNO. The van der Waals surface area contributed by atoms with Crippen LogP contribution in [0.1, 0.15) is 25.8 Å². The third-order valence-electron chi connectivity index (χ3n) is 3.51. The highest BCUT2D eigenvalue weighted by atomic mass is 35.5. The molecule has 2 unspecified atom stereocenters. The van der Waals surface area contributed by atoms with E-state index in [-0.39, 0.29) is 0 Å². The maximum absolute atomic E-state index is 6.26. The van der Waals surface area contributed by atoms with Crippen molar-refractivity contribution in [3.8, 4) is 0 Å². The topological polar surface area (TPSA) is 21.3 Å². The fourth-order valence-corrected chi connectivity index (χ4v) is 2.50. The molecule has 0 aliphatic carbocycles. The molecule has 0 aromatic heterocycles. The molecule has 2 nitrogen and oxygen atoms in total. The minimum atomic E-state index is 0.519. The Labute approximate surface area is 122 Å². The third kappa shape index (κ3) is 5.94. The van der Waals surface area contributed by atoms with Crippen molar-refractivity contribution in [3.63, 3.8) is 0 Å². The average Bonchev–Trinajstić information content (AvgIpc) is 2.40. The number of methoxy groups -OCH3 is 1. The zero-order valence-electron chi connectivity index (χ0n) is 12.3. The summed E-state index contributed by atoms with van der Waals surface area (Å²) in [7, 11) is 1.77. The van der Waals surface area contributed by atoms with Gasteiger partial charge in [-0.25, -0.2) is 0 Å². The Balaban J connectivity index is 2.64. The zero-order valence-corrected chi connectivity index (χ0v) is 13.0. The molecule has 0 fully saturated rings. The monoisotopic (exact) mass is 283 g/mol. The van der Waals surface area contributed by atoms with Gasteiger partial charge >= 0.3 is 0 Å². The fourth-order valence-electron chi connectivity index (χ4n) is 2.28. The highest BCUT2D eigenvalue weighted by Crippen LogP contribution is 2.23. The molecule has 2 atom stereocenters. The first-order valence-electron chi connectivity index (χ1n) is 7.12. The summed E-state index contributed by atoms with van der Waals surface area (Å²) in [6.45, 7) is 7.32. The van der Waals surface area contributed by atoms with Crippen molar-refractivity contribution in [1.82, 2.24) is 5.32 Å². The van der Waals surface area contributed by atoms with Crippen LogP contribution < -0.4 is 5.32 Å². The van der Waals surface area contributed by atoms with E-state index in [0.717, 1.165) is 37.6 Å². The highest BCUT2D eigenvalue weighted by molar-refractivity contribution is 6.31. The van der Waals surface area contributed by atoms with Crippen molar-refractivity contribution >= 4 is 11.6 Å². The minimum Gasteiger partial charge on any atom is -0.384 e. The Morgan fingerprint density at radius 1 is 1.32 bits per heavy atom. The molecule has 0 heterocycles. The fraction of sp³-hybridized carbons (Fsp3) is 0.625. The predicted molar refractivity (Wildman–Crippen MR) is 82.8 cm³/mol. The second-order valence-electron chi connectivity index (χ2n) is 5.19. The smallest absolute Gasteiger partial charge is 0.0491 e. The Hall–Kier alpha value is -0.570. The van der Waals surface area contributed by atoms with Crippen molar-refractivity contribution in [2.45, 2.75) is 26.7 Å². The van der Waals surface area contributed by atoms with Gasteiger partial charge in [-0.2, -0.15) is 0 Å². The van der Waals surface area contributed by atoms with Crippen molar-refractivity contribution in [2.75, 3.05) is 26.8 Å². The van der Waals surface area contributed by atoms with Crippen LogP contribution in [0.3, 0.4) is 0 Å². The highest BCUT2D eigenvalue weighted by Gasteiger charge is 2.18. The summed E-state index contributed by atoms with van der Waals surface area (Å²) in [4.78, 5) is 0. The Morgan fingerprint density at radius 2 is 2.05 bits per heavy atom. The van der Waals surface area contributed by atoms with Crippen molar-refractivity contribution in [2.24, 2.45) is 11.8 Å². The third-order valence-corrected chi connectivity index (χ3v) is 3.88. The van der Waals surface area contributed by atoms with E-state index < -0.39 is 0 Å². The number of benzene rings is 1. The normalized spacial score (nSPS) is 14.3. The van der Waals surface area contributed by atoms with Gasteiger partial charge in [0, 0.05) is 18.7 Å². The molecule has 0 aliphatic heterocycles. The lowest BCUT2D eigenvalue weighted by atomic mass is 9.88. The molecule has 0 aliphatic rings. The molecule has 108 valence electrons. The summed E-state index contributed by atoms with van der Waals surface area (Å²) in [5.74, 6) is 1.07. The molecule has 1 N–H and O–H groups in total. The van der Waals surface area contributed by atoms with Crippen LogP contribution in [-0.2, 0) is 11.2 Å². The van der Waals surface area contributed by atoms with Crippen molar-refractivity contribution < 1.29 is 4.74 Å². The molecular weight excluding hydrogens is 258 g/mol. The molecule has 0 saturated heterocycles. The Kier molecular flexibility index (Phi) is 8.11. The van der Waals surface area contributed by atoms with Crippen LogP contribution in [0.4, 0.5) is 0 Å².